The largest absolute Gasteiger partial charge is 0.485 e. The van der Waals surface area contributed by atoms with Crippen LogP contribution in [-0.2, 0) is 9.53 Å². The molecule has 6 heteroatoms. The van der Waals surface area contributed by atoms with Crippen LogP contribution in [-0.4, -0.2) is 55.4 Å². The number of nitrogens with zero attached hydrogens (tertiary/aromatic N) is 1. The normalized spacial score (nSPS) is 28.3. The van der Waals surface area contributed by atoms with Crippen LogP contribution in [0.25, 0.3) is 0 Å². The topological polar surface area (TPSA) is 74.0 Å². The summed E-state index contributed by atoms with van der Waals surface area (Å²) in [5, 5.41) is 0. The van der Waals surface area contributed by atoms with Crippen molar-refractivity contribution in [3.05, 3.63) is 24.3 Å². The van der Waals surface area contributed by atoms with E-state index in [2.05, 4.69) is 0 Å². The molecule has 1 saturated heterocycles. The van der Waals surface area contributed by atoms with Crippen molar-refractivity contribution in [2.75, 3.05) is 26.3 Å². The molecule has 2 aliphatic rings. The quantitative estimate of drug-likeness (QED) is 0.854. The summed E-state index contributed by atoms with van der Waals surface area (Å²) in [6, 6.07) is 7.39. The summed E-state index contributed by atoms with van der Waals surface area (Å²) in [4.78, 5) is 14.4. The van der Waals surface area contributed by atoms with Crippen molar-refractivity contribution in [1.29, 1.82) is 0 Å². The van der Waals surface area contributed by atoms with Crippen LogP contribution in [0.1, 0.15) is 6.92 Å². The predicted molar refractivity (Wildman–Crippen MR) is 76.3 cm³/mol. The van der Waals surface area contributed by atoms with Crippen molar-refractivity contribution >= 4 is 5.91 Å². The molecule has 21 heavy (non-hydrogen) atoms. The molecule has 1 fully saturated rings. The van der Waals surface area contributed by atoms with Crippen LogP contribution >= 0.6 is 0 Å². The first-order chi connectivity index (χ1) is 10.2. The molecule has 3 atom stereocenters. The maximum Gasteiger partial charge on any atom is 0.267 e. The van der Waals surface area contributed by atoms with Gasteiger partial charge >= 0.3 is 0 Å². The smallest absolute Gasteiger partial charge is 0.267 e. The third kappa shape index (κ3) is 2.82. The molecule has 0 saturated carbocycles. The number of rotatable bonds is 2. The van der Waals surface area contributed by atoms with Gasteiger partial charge in [0.25, 0.3) is 5.91 Å². The van der Waals surface area contributed by atoms with Gasteiger partial charge in [-0.15, -0.1) is 0 Å². The van der Waals surface area contributed by atoms with Crippen LogP contribution in [0.15, 0.2) is 24.3 Å². The van der Waals surface area contributed by atoms with E-state index in [0.29, 0.717) is 31.2 Å². The molecule has 2 heterocycles. The van der Waals surface area contributed by atoms with E-state index in [1.54, 1.807) is 11.0 Å². The standard InChI is InChI=1S/C15H20N2O4/c1-10-8-19-11(6-16)7-17(10)15(18)14-9-20-12-4-2-3-5-13(12)21-14/h2-5,10-11,14H,6-9,16H2,1H3. The summed E-state index contributed by atoms with van der Waals surface area (Å²) in [5.74, 6) is 1.22. The Morgan fingerprint density at radius 2 is 2.10 bits per heavy atom. The molecule has 0 aromatic heterocycles. The van der Waals surface area contributed by atoms with Gasteiger partial charge in [0.15, 0.2) is 11.5 Å². The fourth-order valence-electron chi connectivity index (χ4n) is 2.59. The Hall–Kier alpha value is -1.79. The van der Waals surface area contributed by atoms with Crippen LogP contribution in [0.5, 0.6) is 11.5 Å². The zero-order valence-corrected chi connectivity index (χ0v) is 12.0. The van der Waals surface area contributed by atoms with Gasteiger partial charge in [-0.05, 0) is 19.1 Å². The molecule has 0 bridgehead atoms. The molecule has 1 aromatic carbocycles. The van der Waals surface area contributed by atoms with E-state index >= 15 is 0 Å². The van der Waals surface area contributed by atoms with Crippen molar-refractivity contribution in [2.45, 2.75) is 25.2 Å². The van der Waals surface area contributed by atoms with Crippen molar-refractivity contribution in [2.24, 2.45) is 5.73 Å². The summed E-state index contributed by atoms with van der Waals surface area (Å²) >= 11 is 0. The lowest BCUT2D eigenvalue weighted by Crippen LogP contribution is -2.57. The number of hydrogen-bond acceptors (Lipinski definition) is 5. The number of carbonyl (C=O) groups is 1. The predicted octanol–water partition coefficient (Wildman–Crippen LogP) is 0.401. The molecule has 114 valence electrons. The van der Waals surface area contributed by atoms with Crippen molar-refractivity contribution in [1.82, 2.24) is 4.90 Å². The van der Waals surface area contributed by atoms with E-state index in [4.69, 9.17) is 19.9 Å². The lowest BCUT2D eigenvalue weighted by molar-refractivity contribution is -0.153. The summed E-state index contributed by atoms with van der Waals surface area (Å²) in [7, 11) is 0. The molecule has 0 spiro atoms. The fourth-order valence-corrected chi connectivity index (χ4v) is 2.59. The highest BCUT2D eigenvalue weighted by molar-refractivity contribution is 5.82. The van der Waals surface area contributed by atoms with Crippen LogP contribution in [0.2, 0.25) is 0 Å². The lowest BCUT2D eigenvalue weighted by Gasteiger charge is -2.39. The maximum atomic E-state index is 12.7. The van der Waals surface area contributed by atoms with E-state index in [9.17, 15) is 4.79 Å². The van der Waals surface area contributed by atoms with Crippen LogP contribution in [0, 0.1) is 0 Å². The Kier molecular flexibility index (Phi) is 3.98. The monoisotopic (exact) mass is 292 g/mol. The number of carbonyl (C=O) groups excluding carboxylic acids is 1. The minimum Gasteiger partial charge on any atom is -0.485 e. The molecule has 6 nitrogen and oxygen atoms in total. The molecule has 3 unspecified atom stereocenters. The average Bonchev–Trinajstić information content (AvgIpc) is 2.54. The summed E-state index contributed by atoms with van der Waals surface area (Å²) in [6.45, 7) is 3.59. The Morgan fingerprint density at radius 1 is 1.33 bits per heavy atom. The van der Waals surface area contributed by atoms with Gasteiger partial charge in [-0.2, -0.15) is 0 Å². The van der Waals surface area contributed by atoms with Gasteiger partial charge in [0.05, 0.1) is 18.8 Å². The van der Waals surface area contributed by atoms with Crippen LogP contribution in [0.3, 0.4) is 0 Å². The molecule has 1 amide bonds. The molecular formula is C15H20N2O4. The van der Waals surface area contributed by atoms with Gasteiger partial charge in [0.2, 0.25) is 6.10 Å². The molecule has 1 aromatic rings. The van der Waals surface area contributed by atoms with E-state index < -0.39 is 6.10 Å². The Balaban J connectivity index is 1.71. The van der Waals surface area contributed by atoms with Crippen molar-refractivity contribution < 1.29 is 19.0 Å². The van der Waals surface area contributed by atoms with Crippen LogP contribution < -0.4 is 15.2 Å². The highest BCUT2D eigenvalue weighted by Gasteiger charge is 2.36. The minimum absolute atomic E-state index is 0.0149. The summed E-state index contributed by atoms with van der Waals surface area (Å²) in [6.07, 6.45) is -0.721. The number of nitrogens with two attached hydrogens (primary N) is 1. The second-order valence-electron chi connectivity index (χ2n) is 5.39. The average molecular weight is 292 g/mol. The SMILES string of the molecule is CC1COC(CN)CN1C(=O)C1COc2ccccc2O1. The summed E-state index contributed by atoms with van der Waals surface area (Å²) in [5.41, 5.74) is 5.63. The van der Waals surface area contributed by atoms with Crippen LogP contribution in [0.4, 0.5) is 0 Å². The zero-order chi connectivity index (χ0) is 14.8. The van der Waals surface area contributed by atoms with E-state index in [1.165, 1.54) is 0 Å². The Morgan fingerprint density at radius 3 is 2.86 bits per heavy atom. The number of fused-ring (bicyclic) bond motifs is 1. The Bertz CT molecular complexity index is 522. The van der Waals surface area contributed by atoms with Gasteiger partial charge in [-0.3, -0.25) is 4.79 Å². The van der Waals surface area contributed by atoms with Crippen molar-refractivity contribution in [3.63, 3.8) is 0 Å². The first kappa shape index (κ1) is 14.2. The van der Waals surface area contributed by atoms with Gasteiger partial charge < -0.3 is 24.8 Å². The van der Waals surface area contributed by atoms with Gasteiger partial charge in [-0.25, -0.2) is 0 Å². The minimum atomic E-state index is -0.612. The van der Waals surface area contributed by atoms with Crippen molar-refractivity contribution in [3.8, 4) is 11.5 Å². The molecule has 2 N–H and O–H groups in total. The maximum absolute atomic E-state index is 12.7. The van der Waals surface area contributed by atoms with Gasteiger partial charge in [0, 0.05) is 13.1 Å². The number of amides is 1. The first-order valence-corrected chi connectivity index (χ1v) is 7.19. The Labute approximate surface area is 123 Å². The van der Waals surface area contributed by atoms with Gasteiger partial charge in [-0.1, -0.05) is 12.1 Å². The second-order valence-corrected chi connectivity index (χ2v) is 5.39. The zero-order valence-electron chi connectivity index (χ0n) is 12.0. The molecular weight excluding hydrogens is 272 g/mol. The number of hydrogen-bond donors (Lipinski definition) is 1. The number of para-hydroxylation sites is 2. The first-order valence-electron chi connectivity index (χ1n) is 7.19. The number of ether oxygens (including phenoxy) is 3. The second kappa shape index (κ2) is 5.91. The third-order valence-corrected chi connectivity index (χ3v) is 3.84. The van der Waals surface area contributed by atoms with E-state index in [-0.39, 0.29) is 24.7 Å². The molecule has 0 radical (unpaired) electrons. The van der Waals surface area contributed by atoms with E-state index in [0.717, 1.165) is 0 Å². The van der Waals surface area contributed by atoms with E-state index in [1.807, 2.05) is 25.1 Å². The highest BCUT2D eigenvalue weighted by atomic mass is 16.6. The highest BCUT2D eigenvalue weighted by Crippen LogP contribution is 2.31. The lowest BCUT2D eigenvalue weighted by atomic mass is 10.1. The molecule has 0 aliphatic carbocycles. The summed E-state index contributed by atoms with van der Waals surface area (Å²) < 4.78 is 17.0. The third-order valence-electron chi connectivity index (χ3n) is 3.84. The number of benzene rings is 1. The van der Waals surface area contributed by atoms with Gasteiger partial charge in [0.1, 0.15) is 6.61 Å². The number of morpholine rings is 1. The fraction of sp³-hybridized carbons (Fsp3) is 0.533. The molecule has 2 aliphatic heterocycles. The molecule has 3 rings (SSSR count).